The fourth-order valence-corrected chi connectivity index (χ4v) is 11.9. The Balaban J connectivity index is 1.90. The number of ether oxygens (including phenoxy) is 3. The number of amides is 1. The van der Waals surface area contributed by atoms with Crippen molar-refractivity contribution in [2.75, 3.05) is 19.8 Å². The SMILES string of the molecule is CC/C=C/CC/C=C/CC/C=C/C(O)C(COC1OC(CO)C(O)C(O)C1O)NC(=O)CCCCCCCCCCCCCCCCCCC/C=C\C/C=C\CCCCCCCCCCCOC(=O)CCCCCCCCCCCCCCCCCCCC. The van der Waals surface area contributed by atoms with Crippen LogP contribution in [0.15, 0.2) is 60.8 Å². The van der Waals surface area contributed by atoms with Crippen molar-refractivity contribution in [3.8, 4) is 0 Å². The Morgan fingerprint density at radius 2 is 0.798 bits per heavy atom. The van der Waals surface area contributed by atoms with Crippen molar-refractivity contribution in [1.29, 1.82) is 0 Å². The number of aliphatic hydroxyl groups excluding tert-OH is 5. The maximum absolute atomic E-state index is 13.0. The lowest BCUT2D eigenvalue weighted by molar-refractivity contribution is -0.302. The Morgan fingerprint density at radius 1 is 0.427 bits per heavy atom. The van der Waals surface area contributed by atoms with Crippen LogP contribution in [0.2, 0.25) is 0 Å². The molecule has 6 N–H and O–H groups in total. The summed E-state index contributed by atoms with van der Waals surface area (Å²) in [4.78, 5) is 25.2. The van der Waals surface area contributed by atoms with Gasteiger partial charge in [0.15, 0.2) is 6.29 Å². The predicted molar refractivity (Wildman–Crippen MR) is 375 cm³/mol. The van der Waals surface area contributed by atoms with E-state index in [1.807, 2.05) is 6.08 Å². The lowest BCUT2D eigenvalue weighted by atomic mass is 9.99. The fourth-order valence-electron chi connectivity index (χ4n) is 11.9. The molecule has 11 heteroatoms. The van der Waals surface area contributed by atoms with Crippen LogP contribution >= 0.6 is 0 Å². The summed E-state index contributed by atoms with van der Waals surface area (Å²) in [7, 11) is 0. The van der Waals surface area contributed by atoms with Gasteiger partial charge in [-0.2, -0.15) is 0 Å². The van der Waals surface area contributed by atoms with E-state index in [4.69, 9.17) is 14.2 Å². The first-order valence-corrected chi connectivity index (χ1v) is 38.1. The zero-order valence-corrected chi connectivity index (χ0v) is 57.9. The number of hydrogen-bond acceptors (Lipinski definition) is 10. The molecule has 0 bridgehead atoms. The second kappa shape index (κ2) is 66.8. The second-order valence-corrected chi connectivity index (χ2v) is 26.3. The van der Waals surface area contributed by atoms with Crippen molar-refractivity contribution >= 4 is 11.9 Å². The number of carbonyl (C=O) groups excluding carboxylic acids is 2. The van der Waals surface area contributed by atoms with Crippen LogP contribution in [0.25, 0.3) is 0 Å². The molecule has 520 valence electrons. The van der Waals surface area contributed by atoms with E-state index in [0.717, 1.165) is 70.6 Å². The van der Waals surface area contributed by atoms with Gasteiger partial charge in [0.2, 0.25) is 5.91 Å². The van der Waals surface area contributed by atoms with Crippen molar-refractivity contribution in [1.82, 2.24) is 5.32 Å². The third-order valence-electron chi connectivity index (χ3n) is 17.8. The standard InChI is InChI=1S/C78H143NO10/c1-3-5-7-9-11-13-15-16-17-18-37-40-43-46-50-54-58-62-66-74(83)87-67-63-59-55-51-47-44-41-38-35-33-31-29-27-25-23-21-19-20-22-24-26-28-30-32-34-36-39-42-45-49-53-57-61-65-73(82)79-70(69-88-78-77(86)76(85)75(84)72(68-80)89-78)71(81)64-60-56-52-48-14-12-10-8-6-4-2/h6,8,14,23,25,29,31,48,60,64,70-72,75-78,80-81,84-86H,3-5,7,9-13,15-22,24,26-28,30,32-47,49-59,61-63,65-69H2,1-2H3,(H,79,82)/b8-6+,25-23-,31-29-,48-14+,64-60+. The van der Waals surface area contributed by atoms with Crippen LogP contribution in [0.5, 0.6) is 0 Å². The minimum Gasteiger partial charge on any atom is -0.466 e. The van der Waals surface area contributed by atoms with Crippen LogP contribution in [0, 0.1) is 0 Å². The van der Waals surface area contributed by atoms with E-state index in [9.17, 15) is 35.1 Å². The fraction of sp³-hybridized carbons (Fsp3) is 0.846. The van der Waals surface area contributed by atoms with Crippen LogP contribution in [0.1, 0.15) is 361 Å². The molecule has 0 aromatic carbocycles. The van der Waals surface area contributed by atoms with Gasteiger partial charge in [-0.05, 0) is 83.5 Å². The smallest absolute Gasteiger partial charge is 0.305 e. The largest absolute Gasteiger partial charge is 0.466 e. The Kier molecular flexibility index (Phi) is 63.3. The van der Waals surface area contributed by atoms with Gasteiger partial charge in [0.1, 0.15) is 24.4 Å². The normalized spacial score (nSPS) is 18.0. The van der Waals surface area contributed by atoms with Crippen LogP contribution in [-0.2, 0) is 23.8 Å². The van der Waals surface area contributed by atoms with Gasteiger partial charge in [-0.1, -0.05) is 325 Å². The number of allylic oxidation sites excluding steroid dienone is 9. The third-order valence-corrected chi connectivity index (χ3v) is 17.8. The van der Waals surface area contributed by atoms with Gasteiger partial charge < -0.3 is 45.1 Å². The van der Waals surface area contributed by atoms with Gasteiger partial charge in [0.25, 0.3) is 0 Å². The van der Waals surface area contributed by atoms with E-state index in [1.165, 1.54) is 263 Å². The molecule has 1 rings (SSSR count). The molecule has 1 fully saturated rings. The van der Waals surface area contributed by atoms with Gasteiger partial charge in [-0.3, -0.25) is 9.59 Å². The van der Waals surface area contributed by atoms with E-state index < -0.39 is 49.5 Å². The molecule has 0 aliphatic carbocycles. The van der Waals surface area contributed by atoms with Crippen molar-refractivity contribution in [2.45, 2.75) is 403 Å². The van der Waals surface area contributed by atoms with E-state index in [-0.39, 0.29) is 18.5 Å². The molecule has 1 heterocycles. The number of unbranched alkanes of at least 4 members (excludes halogenated alkanes) is 45. The summed E-state index contributed by atoms with van der Waals surface area (Å²) in [5, 5.41) is 54.3. The molecule has 0 aromatic rings. The van der Waals surface area contributed by atoms with Crippen molar-refractivity contribution in [3.63, 3.8) is 0 Å². The molecular formula is C78H143NO10. The highest BCUT2D eigenvalue weighted by molar-refractivity contribution is 5.76. The molecule has 0 spiro atoms. The zero-order valence-electron chi connectivity index (χ0n) is 57.9. The topological polar surface area (TPSA) is 175 Å². The summed E-state index contributed by atoms with van der Waals surface area (Å²) < 4.78 is 16.7. The van der Waals surface area contributed by atoms with E-state index in [2.05, 4.69) is 67.8 Å². The molecule has 0 radical (unpaired) electrons. The molecule has 7 atom stereocenters. The Labute approximate surface area is 548 Å². The maximum Gasteiger partial charge on any atom is 0.305 e. The molecular weight excluding hydrogens is 1110 g/mol. The second-order valence-electron chi connectivity index (χ2n) is 26.3. The highest BCUT2D eigenvalue weighted by Gasteiger charge is 2.44. The molecule has 1 saturated heterocycles. The number of nitrogens with one attached hydrogen (secondary N) is 1. The molecule has 0 saturated carbocycles. The number of carbonyl (C=O) groups is 2. The summed E-state index contributed by atoms with van der Waals surface area (Å²) in [6.45, 7) is 4.23. The van der Waals surface area contributed by atoms with Crippen molar-refractivity contribution in [2.24, 2.45) is 0 Å². The Bertz CT molecular complexity index is 1660. The quantitative estimate of drug-likeness (QED) is 0.0195. The minimum atomic E-state index is -1.58. The molecule has 1 aliphatic rings. The first-order valence-electron chi connectivity index (χ1n) is 38.1. The highest BCUT2D eigenvalue weighted by Crippen LogP contribution is 2.23. The molecule has 1 aliphatic heterocycles. The summed E-state index contributed by atoms with van der Waals surface area (Å²) in [5.41, 5.74) is 0. The summed E-state index contributed by atoms with van der Waals surface area (Å²) in [6.07, 6.45) is 79.8. The average molecular weight is 1250 g/mol. The van der Waals surface area contributed by atoms with Crippen LogP contribution in [0.3, 0.4) is 0 Å². The Hall–Kier alpha value is -2.64. The van der Waals surface area contributed by atoms with Crippen LogP contribution < -0.4 is 5.32 Å². The lowest BCUT2D eigenvalue weighted by Gasteiger charge is -2.40. The first-order chi connectivity index (χ1) is 43.7. The number of hydrogen-bond donors (Lipinski definition) is 6. The molecule has 1 amide bonds. The first kappa shape index (κ1) is 84.4. The summed E-state index contributed by atoms with van der Waals surface area (Å²) in [5.74, 6) is -0.185. The number of aliphatic hydroxyl groups is 5. The molecule has 89 heavy (non-hydrogen) atoms. The molecule has 7 unspecified atom stereocenters. The summed E-state index contributed by atoms with van der Waals surface area (Å²) >= 11 is 0. The Morgan fingerprint density at radius 3 is 1.22 bits per heavy atom. The minimum absolute atomic E-state index is 0.0111. The number of esters is 1. The molecule has 11 nitrogen and oxygen atoms in total. The van der Waals surface area contributed by atoms with Gasteiger partial charge in [-0.25, -0.2) is 0 Å². The predicted octanol–water partition coefficient (Wildman–Crippen LogP) is 20.1. The van der Waals surface area contributed by atoms with Gasteiger partial charge in [0, 0.05) is 12.8 Å². The van der Waals surface area contributed by atoms with E-state index in [1.54, 1.807) is 6.08 Å². The van der Waals surface area contributed by atoms with Crippen LogP contribution in [-0.4, -0.2) is 100 Å². The van der Waals surface area contributed by atoms with Gasteiger partial charge in [0.05, 0.1) is 32.0 Å². The van der Waals surface area contributed by atoms with E-state index >= 15 is 0 Å². The lowest BCUT2D eigenvalue weighted by Crippen LogP contribution is -2.60. The van der Waals surface area contributed by atoms with Gasteiger partial charge in [-0.15, -0.1) is 0 Å². The van der Waals surface area contributed by atoms with E-state index in [0.29, 0.717) is 19.4 Å². The summed E-state index contributed by atoms with van der Waals surface area (Å²) in [6, 6.07) is -0.833. The van der Waals surface area contributed by atoms with Gasteiger partial charge >= 0.3 is 5.97 Å². The maximum atomic E-state index is 13.0. The van der Waals surface area contributed by atoms with Crippen LogP contribution in [0.4, 0.5) is 0 Å². The molecule has 0 aromatic heterocycles. The highest BCUT2D eigenvalue weighted by atomic mass is 16.7. The third kappa shape index (κ3) is 55.5. The monoisotopic (exact) mass is 1250 g/mol. The van der Waals surface area contributed by atoms with Crippen molar-refractivity contribution < 1.29 is 49.3 Å². The zero-order chi connectivity index (χ0) is 64.4. The average Bonchev–Trinajstić information content (AvgIpc) is 1.76. The number of rotatable bonds is 67. The van der Waals surface area contributed by atoms with Crippen molar-refractivity contribution in [3.05, 3.63) is 60.8 Å².